The molecule has 3 nitrogen and oxygen atoms in total. The van der Waals surface area contributed by atoms with Crippen LogP contribution in [0.4, 0.5) is 30.2 Å². The van der Waals surface area contributed by atoms with Crippen molar-refractivity contribution in [1.29, 1.82) is 0 Å². The normalized spacial score (nSPS) is 12.2. The van der Waals surface area contributed by atoms with Crippen LogP contribution in [0.2, 0.25) is 0 Å². The van der Waals surface area contributed by atoms with Crippen LogP contribution < -0.4 is 5.73 Å². The molecule has 122 valence electrons. The van der Waals surface area contributed by atoms with Gasteiger partial charge in [0.2, 0.25) is 0 Å². The topological polar surface area (TPSA) is 50.7 Å². The maximum absolute atomic E-state index is 13.1. The Morgan fingerprint density at radius 3 is 2.17 bits per heavy atom. The summed E-state index contributed by atoms with van der Waals surface area (Å²) in [6.45, 7) is 1.60. The Balaban J connectivity index is 2.09. The highest BCUT2D eigenvalue weighted by atomic mass is 19.4. The summed E-state index contributed by atoms with van der Waals surface area (Å²) in [5.41, 5.74) is 6.45. The summed E-state index contributed by atoms with van der Waals surface area (Å²) < 4.78 is 39.4. The van der Waals surface area contributed by atoms with Crippen molar-refractivity contribution >= 4 is 27.8 Å². The van der Waals surface area contributed by atoms with Gasteiger partial charge in [-0.1, -0.05) is 35.9 Å². The Kier molecular flexibility index (Phi) is 3.97. The number of hydrogen-bond acceptors (Lipinski definition) is 3. The van der Waals surface area contributed by atoms with Crippen LogP contribution in [0.5, 0.6) is 0 Å². The number of nitrogens with zero attached hydrogens (tertiary/aromatic N) is 2. The first-order valence-corrected chi connectivity index (χ1v) is 7.23. The highest BCUT2D eigenvalue weighted by Crippen LogP contribution is 2.38. The molecule has 0 aliphatic heterocycles. The summed E-state index contributed by atoms with van der Waals surface area (Å²) in [5.74, 6) is 0. The number of benzene rings is 3. The van der Waals surface area contributed by atoms with Gasteiger partial charge in [0.15, 0.2) is 0 Å². The van der Waals surface area contributed by atoms with Crippen molar-refractivity contribution in [2.24, 2.45) is 10.2 Å². The molecule has 0 aromatic heterocycles. The SMILES string of the molecule is Cc1ccc(N=Nc2ccc(N)c3ccccc23)c(C(F)(F)F)c1. The molecule has 0 bridgehead atoms. The molecule has 0 spiro atoms. The van der Waals surface area contributed by atoms with E-state index in [0.29, 0.717) is 16.9 Å². The standard InChI is InChI=1S/C18H14F3N3/c1-11-6-8-17(14(10-11)18(19,20)21)24-23-16-9-7-15(22)12-4-2-3-5-13(12)16/h2-10H,22H2,1H3. The lowest BCUT2D eigenvalue weighted by Gasteiger charge is -2.10. The molecule has 0 heterocycles. The summed E-state index contributed by atoms with van der Waals surface area (Å²) in [7, 11) is 0. The molecule has 0 radical (unpaired) electrons. The first kappa shape index (κ1) is 16.0. The van der Waals surface area contributed by atoms with E-state index in [1.54, 1.807) is 31.2 Å². The number of fused-ring (bicyclic) bond motifs is 1. The highest BCUT2D eigenvalue weighted by molar-refractivity contribution is 5.99. The first-order chi connectivity index (χ1) is 11.4. The molecule has 6 heteroatoms. The van der Waals surface area contributed by atoms with E-state index >= 15 is 0 Å². The molecule has 0 amide bonds. The van der Waals surface area contributed by atoms with Crippen LogP contribution >= 0.6 is 0 Å². The van der Waals surface area contributed by atoms with Crippen molar-refractivity contribution in [3.63, 3.8) is 0 Å². The van der Waals surface area contributed by atoms with Crippen molar-refractivity contribution in [3.8, 4) is 0 Å². The molecule has 0 saturated carbocycles. The van der Waals surface area contributed by atoms with E-state index in [-0.39, 0.29) is 5.69 Å². The molecular weight excluding hydrogens is 315 g/mol. The van der Waals surface area contributed by atoms with E-state index in [2.05, 4.69) is 10.2 Å². The summed E-state index contributed by atoms with van der Waals surface area (Å²) >= 11 is 0. The van der Waals surface area contributed by atoms with E-state index in [1.807, 2.05) is 18.2 Å². The molecule has 0 fully saturated rings. The molecule has 0 aliphatic carbocycles. The van der Waals surface area contributed by atoms with Gasteiger partial charge in [0.25, 0.3) is 0 Å². The van der Waals surface area contributed by atoms with Crippen LogP contribution in [0.3, 0.4) is 0 Å². The number of azo groups is 1. The number of halogens is 3. The predicted octanol–water partition coefficient (Wildman–Crippen LogP) is 6.16. The van der Waals surface area contributed by atoms with E-state index in [1.165, 1.54) is 6.07 Å². The molecule has 0 unspecified atom stereocenters. The van der Waals surface area contributed by atoms with E-state index in [0.717, 1.165) is 16.8 Å². The van der Waals surface area contributed by atoms with Gasteiger partial charge in [-0.2, -0.15) is 13.2 Å². The monoisotopic (exact) mass is 329 g/mol. The third kappa shape index (κ3) is 3.08. The minimum absolute atomic E-state index is 0.214. The van der Waals surface area contributed by atoms with E-state index < -0.39 is 11.7 Å². The van der Waals surface area contributed by atoms with Crippen LogP contribution in [0.25, 0.3) is 10.8 Å². The fraction of sp³-hybridized carbons (Fsp3) is 0.111. The van der Waals surface area contributed by atoms with Crippen molar-refractivity contribution in [2.45, 2.75) is 13.1 Å². The van der Waals surface area contributed by atoms with E-state index in [9.17, 15) is 13.2 Å². The lowest BCUT2D eigenvalue weighted by Crippen LogP contribution is -2.05. The molecule has 3 rings (SSSR count). The van der Waals surface area contributed by atoms with Gasteiger partial charge in [-0.15, -0.1) is 10.2 Å². The summed E-state index contributed by atoms with van der Waals surface area (Å²) in [6, 6.07) is 14.5. The Bertz CT molecular complexity index is 930. The fourth-order valence-electron chi connectivity index (χ4n) is 2.47. The lowest BCUT2D eigenvalue weighted by atomic mass is 10.1. The second kappa shape index (κ2) is 5.96. The van der Waals surface area contributed by atoms with Gasteiger partial charge in [-0.25, -0.2) is 0 Å². The van der Waals surface area contributed by atoms with Crippen LogP contribution in [-0.2, 0) is 6.18 Å². The average Bonchev–Trinajstić information content (AvgIpc) is 2.54. The molecule has 0 saturated heterocycles. The Hall–Kier alpha value is -2.89. The smallest absolute Gasteiger partial charge is 0.398 e. The van der Waals surface area contributed by atoms with Crippen molar-refractivity contribution in [1.82, 2.24) is 0 Å². The van der Waals surface area contributed by atoms with Crippen molar-refractivity contribution in [3.05, 3.63) is 65.7 Å². The van der Waals surface area contributed by atoms with Gasteiger partial charge in [0, 0.05) is 16.5 Å². The molecule has 0 atom stereocenters. The van der Waals surface area contributed by atoms with Gasteiger partial charge in [-0.3, -0.25) is 0 Å². The van der Waals surface area contributed by atoms with Gasteiger partial charge < -0.3 is 5.73 Å². The van der Waals surface area contributed by atoms with Crippen molar-refractivity contribution in [2.75, 3.05) is 5.73 Å². The highest BCUT2D eigenvalue weighted by Gasteiger charge is 2.33. The third-order valence-electron chi connectivity index (χ3n) is 3.66. The number of nitrogen functional groups attached to an aromatic ring is 1. The third-order valence-corrected chi connectivity index (χ3v) is 3.66. The van der Waals surface area contributed by atoms with Gasteiger partial charge in [-0.05, 0) is 31.2 Å². The molecule has 24 heavy (non-hydrogen) atoms. The zero-order valence-electron chi connectivity index (χ0n) is 12.8. The number of anilines is 1. The number of rotatable bonds is 2. The Labute approximate surface area is 136 Å². The molecule has 0 aliphatic rings. The number of aryl methyl sites for hydroxylation is 1. The largest absolute Gasteiger partial charge is 0.418 e. The van der Waals surface area contributed by atoms with Gasteiger partial charge in [0.05, 0.1) is 16.9 Å². The molecular formula is C18H14F3N3. The van der Waals surface area contributed by atoms with Crippen LogP contribution in [0.1, 0.15) is 11.1 Å². The van der Waals surface area contributed by atoms with Gasteiger partial charge in [0.1, 0.15) is 0 Å². The fourth-order valence-corrected chi connectivity index (χ4v) is 2.47. The summed E-state index contributed by atoms with van der Waals surface area (Å²) in [5, 5.41) is 9.37. The lowest BCUT2D eigenvalue weighted by molar-refractivity contribution is -0.137. The number of hydrogen-bond donors (Lipinski definition) is 1. The zero-order valence-corrected chi connectivity index (χ0v) is 12.8. The Morgan fingerprint density at radius 2 is 1.46 bits per heavy atom. The van der Waals surface area contributed by atoms with E-state index in [4.69, 9.17) is 5.73 Å². The summed E-state index contributed by atoms with van der Waals surface area (Å²) in [4.78, 5) is 0. The maximum Gasteiger partial charge on any atom is 0.418 e. The van der Waals surface area contributed by atoms with Crippen LogP contribution in [0.15, 0.2) is 64.8 Å². The predicted molar refractivity (Wildman–Crippen MR) is 88.7 cm³/mol. The van der Waals surface area contributed by atoms with Gasteiger partial charge >= 0.3 is 6.18 Å². The minimum atomic E-state index is -4.48. The zero-order chi connectivity index (χ0) is 17.3. The average molecular weight is 329 g/mol. The second-order valence-electron chi connectivity index (χ2n) is 5.44. The quantitative estimate of drug-likeness (QED) is 0.444. The second-order valence-corrected chi connectivity index (χ2v) is 5.44. The minimum Gasteiger partial charge on any atom is -0.398 e. The van der Waals surface area contributed by atoms with Crippen LogP contribution in [0, 0.1) is 6.92 Å². The maximum atomic E-state index is 13.1. The van der Waals surface area contributed by atoms with Crippen LogP contribution in [-0.4, -0.2) is 0 Å². The molecule has 3 aromatic rings. The number of nitrogens with two attached hydrogens (primary N) is 1. The molecule has 2 N–H and O–H groups in total. The molecule has 3 aromatic carbocycles. The van der Waals surface area contributed by atoms with Crippen molar-refractivity contribution < 1.29 is 13.2 Å². The Morgan fingerprint density at radius 1 is 0.833 bits per heavy atom. The first-order valence-electron chi connectivity index (χ1n) is 7.23. The number of alkyl halides is 3. The summed E-state index contributed by atoms with van der Waals surface area (Å²) in [6.07, 6.45) is -4.48.